The third kappa shape index (κ3) is 27.1. The van der Waals surface area contributed by atoms with Gasteiger partial charge in [0, 0.05) is 127 Å². The molecule has 23 heteroatoms. The molecule has 1 atom stereocenters. The summed E-state index contributed by atoms with van der Waals surface area (Å²) in [6.45, 7) is 59.5. The molecule has 0 amide bonds. The second-order valence-corrected chi connectivity index (χ2v) is 37.3. The smallest absolute Gasteiger partial charge is 0.156 e. The molecule has 0 spiro atoms. The van der Waals surface area contributed by atoms with E-state index in [2.05, 4.69) is 259 Å². The molecule has 0 N–H and O–H groups in total. The Bertz CT molecular complexity index is 4120. The first-order valence-electron chi connectivity index (χ1n) is 40.6. The fourth-order valence-electron chi connectivity index (χ4n) is 12.4. The first-order chi connectivity index (χ1) is 52.7. The highest BCUT2D eigenvalue weighted by Crippen LogP contribution is 2.30. The van der Waals surface area contributed by atoms with Crippen LogP contribution in [0.5, 0.6) is 0 Å². The quantitative estimate of drug-likeness (QED) is 0.144. The zero-order valence-electron chi connectivity index (χ0n) is 72.4. The van der Waals surface area contributed by atoms with Crippen molar-refractivity contribution in [2.45, 2.75) is 281 Å². The van der Waals surface area contributed by atoms with Crippen molar-refractivity contribution < 1.29 is 0 Å². The monoisotopic (exact) mass is 1520 g/mol. The van der Waals surface area contributed by atoms with Crippen LogP contribution in [0.1, 0.15) is 276 Å². The molecule has 0 saturated carbocycles. The summed E-state index contributed by atoms with van der Waals surface area (Å²) >= 11 is 0. The number of piperidine rings is 4. The summed E-state index contributed by atoms with van der Waals surface area (Å²) in [6.07, 6.45) is 53.3. The van der Waals surface area contributed by atoms with Gasteiger partial charge in [-0.1, -0.05) is 152 Å². The van der Waals surface area contributed by atoms with Gasteiger partial charge in [-0.15, -0.1) is 0 Å². The Morgan fingerprint density at radius 1 is 0.277 bits per heavy atom. The average Bonchev–Trinajstić information content (AvgIpc) is 1.11. The van der Waals surface area contributed by atoms with Gasteiger partial charge in [0.25, 0.3) is 0 Å². The maximum absolute atomic E-state index is 4.58. The molecule has 4 saturated heterocycles. The van der Waals surface area contributed by atoms with Gasteiger partial charge in [0.2, 0.25) is 0 Å². The minimum Gasteiger partial charge on any atom is -0.355 e. The van der Waals surface area contributed by atoms with Gasteiger partial charge < -0.3 is 24.2 Å². The molecule has 1 unspecified atom stereocenters. The second-order valence-electron chi connectivity index (χ2n) is 37.3. The van der Waals surface area contributed by atoms with Crippen LogP contribution in [0.3, 0.4) is 0 Å². The number of hydrogen-bond acceptors (Lipinski definition) is 20. The van der Waals surface area contributed by atoms with Gasteiger partial charge in [0.05, 0.1) is 127 Å². The Morgan fingerprint density at radius 2 is 0.589 bits per heavy atom. The Balaban J connectivity index is 0.000000164. The topological polar surface area (TPSA) is 234 Å². The molecular formula is C89H133N23. The molecule has 14 heterocycles. The summed E-state index contributed by atoms with van der Waals surface area (Å²) in [5, 5.41) is 0. The van der Waals surface area contributed by atoms with E-state index in [0.29, 0.717) is 6.04 Å². The Kier molecular flexibility index (Phi) is 30.9. The largest absolute Gasteiger partial charge is 0.355 e. The maximum atomic E-state index is 4.58. The summed E-state index contributed by atoms with van der Waals surface area (Å²) in [6, 6.07) is 4.54. The van der Waals surface area contributed by atoms with Crippen LogP contribution in [0.4, 0.5) is 23.3 Å². The van der Waals surface area contributed by atoms with Gasteiger partial charge >= 0.3 is 0 Å². The number of aromatic nitrogens is 19. The highest BCUT2D eigenvalue weighted by Gasteiger charge is 2.26. The average molecular weight is 1530 g/mol. The number of nitrogens with zero attached hydrogens (tertiary/aromatic N) is 23. The minimum atomic E-state index is 0.0372. The molecule has 14 rings (SSSR count). The van der Waals surface area contributed by atoms with Gasteiger partial charge in [-0.3, -0.25) is 44.0 Å². The minimum absolute atomic E-state index is 0.0372. The zero-order chi connectivity index (χ0) is 81.7. The Morgan fingerprint density at radius 3 is 0.884 bits per heavy atom. The van der Waals surface area contributed by atoms with E-state index < -0.39 is 0 Å². The number of imidazole rings is 2. The van der Waals surface area contributed by atoms with Gasteiger partial charge in [0.1, 0.15) is 35.4 Å². The fourth-order valence-corrected chi connectivity index (χ4v) is 12.4. The normalized spacial score (nSPS) is 15.9. The second kappa shape index (κ2) is 39.3. The van der Waals surface area contributed by atoms with Crippen LogP contribution in [0.2, 0.25) is 0 Å². The van der Waals surface area contributed by atoms with Crippen molar-refractivity contribution >= 4 is 23.3 Å². The third-order valence-electron chi connectivity index (χ3n) is 20.1. The third-order valence-corrected chi connectivity index (χ3v) is 20.1. The lowest BCUT2D eigenvalue weighted by Gasteiger charge is -2.34. The lowest BCUT2D eigenvalue weighted by molar-refractivity contribution is 0.436. The van der Waals surface area contributed by atoms with Gasteiger partial charge in [-0.05, 0) is 103 Å². The molecule has 10 aromatic rings. The summed E-state index contributed by atoms with van der Waals surface area (Å²) in [5.74, 6) is 8.36. The summed E-state index contributed by atoms with van der Waals surface area (Å²) in [7, 11) is 0. The van der Waals surface area contributed by atoms with Gasteiger partial charge in [-0.25, -0.2) is 44.9 Å². The van der Waals surface area contributed by atoms with E-state index in [4.69, 9.17) is 0 Å². The molecule has 4 aliphatic heterocycles. The lowest BCUT2D eigenvalue weighted by atomic mass is 9.93. The molecule has 604 valence electrons. The molecule has 0 aromatic carbocycles. The van der Waals surface area contributed by atoms with Gasteiger partial charge in [0.15, 0.2) is 17.5 Å². The molecule has 112 heavy (non-hydrogen) atoms. The van der Waals surface area contributed by atoms with Crippen LogP contribution in [-0.4, -0.2) is 145 Å². The first-order valence-corrected chi connectivity index (χ1v) is 40.6. The van der Waals surface area contributed by atoms with Crippen LogP contribution in [0.15, 0.2) is 142 Å². The van der Waals surface area contributed by atoms with Crippen LogP contribution < -0.4 is 19.6 Å². The lowest BCUT2D eigenvalue weighted by Crippen LogP contribution is -2.38. The molecule has 0 aliphatic carbocycles. The molecule has 23 nitrogen and oxygen atoms in total. The maximum Gasteiger partial charge on any atom is 0.156 e. The summed E-state index contributed by atoms with van der Waals surface area (Å²) < 4.78 is 5.69. The predicted molar refractivity (Wildman–Crippen MR) is 457 cm³/mol. The zero-order valence-corrected chi connectivity index (χ0v) is 72.4. The number of anilines is 4. The molecular weight excluding hydrogens is 1390 g/mol. The van der Waals surface area contributed by atoms with E-state index in [9.17, 15) is 0 Å². The van der Waals surface area contributed by atoms with Gasteiger partial charge in [-0.2, -0.15) is 0 Å². The summed E-state index contributed by atoms with van der Waals surface area (Å²) in [4.78, 5) is 80.3. The van der Waals surface area contributed by atoms with Crippen molar-refractivity contribution in [2.24, 2.45) is 5.92 Å². The van der Waals surface area contributed by atoms with Crippen molar-refractivity contribution in [1.29, 1.82) is 0 Å². The van der Waals surface area contributed by atoms with Crippen molar-refractivity contribution in [2.75, 3.05) is 65.4 Å². The molecule has 4 aliphatic rings. The fraction of sp³-hybridized carbons (Fsp3) is 0.573. The Labute approximate surface area is 670 Å². The van der Waals surface area contributed by atoms with Crippen molar-refractivity contribution in [3.8, 4) is 17.5 Å². The van der Waals surface area contributed by atoms with E-state index in [0.717, 1.165) is 138 Å². The van der Waals surface area contributed by atoms with Crippen molar-refractivity contribution in [3.05, 3.63) is 188 Å². The Hall–Kier alpha value is -9.54. The molecule has 0 bridgehead atoms. The van der Waals surface area contributed by atoms with E-state index in [1.807, 2.05) is 126 Å². The molecule has 4 fully saturated rings. The van der Waals surface area contributed by atoms with E-state index in [-0.39, 0.29) is 37.9 Å². The van der Waals surface area contributed by atoms with E-state index in [1.165, 1.54) is 70.6 Å². The highest BCUT2D eigenvalue weighted by atomic mass is 15.2. The van der Waals surface area contributed by atoms with E-state index in [1.54, 1.807) is 37.3 Å². The highest BCUT2D eigenvalue weighted by molar-refractivity contribution is 5.41. The SMILES string of the molecule is CC(C)(C)c1cnc(-n2cccc2)cn1.CC(C)(C)c1cnc(-n2ccnc2)cn1.CC(C)(C)c1cnc(N2CCCCC2)cn1.CC(C)(C)c1cnc(N2CCCCC2)cn1.CC1CCCCN1c1cnc(C(C)(C)C)cn1.CC1CCN(c2cnc(C(C)(C)C)cn2)CC1.Cc1nccn1-c1cnc(C(C)(C)C)cn1. The van der Waals surface area contributed by atoms with Crippen LogP contribution in [0, 0.1) is 12.8 Å². The first kappa shape index (κ1) is 88.0. The standard InChI is InChI=1S/2C14H23N3.2C13H21N3.C12H16N4.C12H15N3.C11H14N4/c1-11-5-7-17(8-6-11)13-10-15-12(9-16-13)14(2,3)4;1-11-7-5-6-8-17(11)13-10-15-12(9-16-13)14(2,3)4;2*1-13(2,3)11-9-15-12(10-14-11)16-7-5-4-6-8-16;1-9-13-5-6-16(9)11-8-14-10(7-15-11)12(2,3)4;1-12(2,3)10-8-14-11(9-13-10)15-6-4-5-7-15;1-11(2,3)9-6-14-10(7-13-9)15-5-4-12-8-15/h2*9-11H,5-8H2,1-4H3;2*9-10H,4-8H2,1-3H3;5-8H,1-4H3;4-9H,1-3H3;4-8H,1-3H3. The number of aryl methyl sites for hydroxylation is 1. The predicted octanol–water partition coefficient (Wildman–Crippen LogP) is 18.5. The number of rotatable bonds is 7. The van der Waals surface area contributed by atoms with E-state index >= 15 is 0 Å². The van der Waals surface area contributed by atoms with Crippen LogP contribution in [0.25, 0.3) is 17.5 Å². The molecule has 10 aromatic heterocycles. The summed E-state index contributed by atoms with van der Waals surface area (Å²) in [5.41, 5.74) is 7.73. The number of hydrogen-bond donors (Lipinski definition) is 0. The van der Waals surface area contributed by atoms with Crippen LogP contribution >= 0.6 is 0 Å². The van der Waals surface area contributed by atoms with Crippen LogP contribution in [-0.2, 0) is 37.9 Å². The van der Waals surface area contributed by atoms with Crippen molar-refractivity contribution in [3.63, 3.8) is 0 Å². The van der Waals surface area contributed by atoms with Crippen molar-refractivity contribution in [1.82, 2.24) is 93.4 Å². The molecule has 0 radical (unpaired) electrons.